The van der Waals surface area contributed by atoms with E-state index in [0.29, 0.717) is 6.54 Å². The van der Waals surface area contributed by atoms with E-state index in [-0.39, 0.29) is 5.88 Å². The minimum atomic E-state index is 0.274. The number of ether oxygens (including phenoxy) is 1. The van der Waals surface area contributed by atoms with Crippen molar-refractivity contribution in [2.75, 3.05) is 0 Å². The van der Waals surface area contributed by atoms with Gasteiger partial charge in [0.15, 0.2) is 5.88 Å². The van der Waals surface area contributed by atoms with E-state index in [1.807, 2.05) is 89.6 Å². The first kappa shape index (κ1) is 18.0. The first-order valence-corrected chi connectivity index (χ1v) is 9.80. The summed E-state index contributed by atoms with van der Waals surface area (Å²) in [4.78, 5) is 4.07. The normalized spacial score (nSPS) is 10.9. The van der Waals surface area contributed by atoms with Gasteiger partial charge < -0.3 is 14.4 Å². The quantitative estimate of drug-likeness (QED) is 0.385. The highest BCUT2D eigenvalue weighted by atomic mass is 16.5. The zero-order chi connectivity index (χ0) is 20.3. The van der Waals surface area contributed by atoms with Crippen LogP contribution in [0.3, 0.4) is 0 Å². The van der Waals surface area contributed by atoms with E-state index >= 15 is 0 Å². The lowest BCUT2D eigenvalue weighted by molar-refractivity contribution is 0.430. The number of benzene rings is 3. The van der Waals surface area contributed by atoms with E-state index in [1.165, 1.54) is 0 Å². The molecule has 2 heterocycles. The second-order valence-electron chi connectivity index (χ2n) is 7.18. The molecular formula is C26H20N2O2. The number of para-hydroxylation sites is 1. The lowest BCUT2D eigenvalue weighted by atomic mass is 10.0. The van der Waals surface area contributed by atoms with Crippen LogP contribution in [-0.4, -0.2) is 14.7 Å². The van der Waals surface area contributed by atoms with Crippen LogP contribution < -0.4 is 4.74 Å². The Kier molecular flexibility index (Phi) is 4.66. The number of hydrogen-bond acceptors (Lipinski definition) is 3. The van der Waals surface area contributed by atoms with Crippen molar-refractivity contribution in [3.63, 3.8) is 0 Å². The first-order chi connectivity index (χ1) is 14.8. The fraction of sp³-hybridized carbons (Fsp3) is 0.0385. The Bertz CT molecular complexity index is 1280. The van der Waals surface area contributed by atoms with Crippen molar-refractivity contribution in [1.29, 1.82) is 0 Å². The average Bonchev–Trinajstić information content (AvgIpc) is 3.11. The molecule has 0 spiro atoms. The smallest absolute Gasteiger partial charge is 0.199 e. The zero-order valence-electron chi connectivity index (χ0n) is 16.3. The predicted octanol–water partition coefficient (Wildman–Crippen LogP) is 6.25. The van der Waals surface area contributed by atoms with E-state index in [9.17, 15) is 5.11 Å². The van der Waals surface area contributed by atoms with Crippen molar-refractivity contribution < 1.29 is 9.84 Å². The molecule has 0 aliphatic heterocycles. The summed E-state index contributed by atoms with van der Waals surface area (Å²) < 4.78 is 7.72. The van der Waals surface area contributed by atoms with E-state index in [4.69, 9.17) is 4.74 Å². The molecular weight excluding hydrogens is 372 g/mol. The van der Waals surface area contributed by atoms with Gasteiger partial charge in [-0.3, -0.25) is 4.98 Å². The second kappa shape index (κ2) is 7.76. The number of hydrogen-bond donors (Lipinski definition) is 1. The summed E-state index contributed by atoms with van der Waals surface area (Å²) in [6.07, 6.45) is 5.56. The Morgan fingerprint density at radius 1 is 0.767 bits per heavy atom. The van der Waals surface area contributed by atoms with Gasteiger partial charge in [-0.1, -0.05) is 36.4 Å². The third-order valence-corrected chi connectivity index (χ3v) is 5.13. The van der Waals surface area contributed by atoms with E-state index in [1.54, 1.807) is 12.4 Å². The largest absolute Gasteiger partial charge is 0.494 e. The molecule has 30 heavy (non-hydrogen) atoms. The molecule has 0 bridgehead atoms. The van der Waals surface area contributed by atoms with Crippen molar-refractivity contribution >= 4 is 10.8 Å². The average molecular weight is 392 g/mol. The molecule has 5 aromatic rings. The molecule has 2 aromatic heterocycles. The van der Waals surface area contributed by atoms with Crippen molar-refractivity contribution in [2.45, 2.75) is 6.54 Å². The van der Waals surface area contributed by atoms with Gasteiger partial charge >= 0.3 is 0 Å². The SMILES string of the molecule is Oc1c2ccc(-c3ccncc3)cc2cn1Cc1ccc(Oc2ccccc2)cc1. The van der Waals surface area contributed by atoms with Gasteiger partial charge in [0.2, 0.25) is 0 Å². The van der Waals surface area contributed by atoms with Crippen molar-refractivity contribution in [2.24, 2.45) is 0 Å². The van der Waals surface area contributed by atoms with Crippen LogP contribution in [0.5, 0.6) is 17.4 Å². The topological polar surface area (TPSA) is 47.3 Å². The van der Waals surface area contributed by atoms with Gasteiger partial charge in [-0.15, -0.1) is 0 Å². The second-order valence-corrected chi connectivity index (χ2v) is 7.18. The lowest BCUT2D eigenvalue weighted by Gasteiger charge is -2.08. The zero-order valence-corrected chi connectivity index (χ0v) is 16.3. The summed E-state index contributed by atoms with van der Waals surface area (Å²) in [7, 11) is 0. The van der Waals surface area contributed by atoms with Gasteiger partial charge in [-0.2, -0.15) is 0 Å². The molecule has 3 aromatic carbocycles. The molecule has 4 nitrogen and oxygen atoms in total. The maximum Gasteiger partial charge on any atom is 0.199 e. The van der Waals surface area contributed by atoms with Crippen LogP contribution in [0.15, 0.2) is 104 Å². The number of pyridine rings is 1. The fourth-order valence-corrected chi connectivity index (χ4v) is 3.59. The van der Waals surface area contributed by atoms with Gasteiger partial charge in [0.1, 0.15) is 11.5 Å². The Balaban J connectivity index is 1.38. The van der Waals surface area contributed by atoms with E-state index in [0.717, 1.165) is 39.0 Å². The summed E-state index contributed by atoms with van der Waals surface area (Å²) in [5.41, 5.74) is 3.29. The Morgan fingerprint density at radius 3 is 2.27 bits per heavy atom. The number of nitrogens with zero attached hydrogens (tertiary/aromatic N) is 2. The van der Waals surface area contributed by atoms with Crippen LogP contribution in [0.2, 0.25) is 0 Å². The van der Waals surface area contributed by atoms with Gasteiger partial charge in [0.05, 0.1) is 6.54 Å². The molecule has 0 unspecified atom stereocenters. The van der Waals surface area contributed by atoms with Crippen molar-refractivity contribution in [3.8, 4) is 28.5 Å². The first-order valence-electron chi connectivity index (χ1n) is 9.80. The third-order valence-electron chi connectivity index (χ3n) is 5.13. The summed E-state index contributed by atoms with van der Waals surface area (Å²) in [5, 5.41) is 12.5. The molecule has 0 aliphatic carbocycles. The summed E-state index contributed by atoms with van der Waals surface area (Å²) in [6.45, 7) is 0.580. The lowest BCUT2D eigenvalue weighted by Crippen LogP contribution is -1.97. The molecule has 5 rings (SSSR count). The molecule has 0 amide bonds. The molecule has 0 aliphatic rings. The minimum Gasteiger partial charge on any atom is -0.494 e. The molecule has 0 saturated heterocycles. The fourth-order valence-electron chi connectivity index (χ4n) is 3.59. The van der Waals surface area contributed by atoms with Crippen LogP contribution in [0.25, 0.3) is 21.9 Å². The van der Waals surface area contributed by atoms with Crippen LogP contribution in [0.4, 0.5) is 0 Å². The highest BCUT2D eigenvalue weighted by Crippen LogP contribution is 2.32. The monoisotopic (exact) mass is 392 g/mol. The molecule has 0 radical (unpaired) electrons. The van der Waals surface area contributed by atoms with Crippen molar-refractivity contribution in [1.82, 2.24) is 9.55 Å². The maximum absolute atomic E-state index is 10.7. The molecule has 146 valence electrons. The Morgan fingerprint density at radius 2 is 1.50 bits per heavy atom. The number of aromatic hydroxyl groups is 1. The van der Waals surface area contributed by atoms with Crippen LogP contribution in [0, 0.1) is 0 Å². The van der Waals surface area contributed by atoms with E-state index in [2.05, 4.69) is 11.1 Å². The predicted molar refractivity (Wildman–Crippen MR) is 119 cm³/mol. The number of fused-ring (bicyclic) bond motifs is 1. The summed E-state index contributed by atoms with van der Waals surface area (Å²) in [5.74, 6) is 1.87. The number of rotatable bonds is 5. The summed E-state index contributed by atoms with van der Waals surface area (Å²) >= 11 is 0. The van der Waals surface area contributed by atoms with Gasteiger partial charge in [-0.25, -0.2) is 0 Å². The van der Waals surface area contributed by atoms with Gasteiger partial charge in [0.25, 0.3) is 0 Å². The standard InChI is InChI=1S/C26H20N2O2/c29-26-25-11-8-21(20-12-14-27-15-13-20)16-22(25)18-28(26)17-19-6-9-24(10-7-19)30-23-4-2-1-3-5-23/h1-16,18,29H,17H2. The number of aromatic nitrogens is 2. The Hall–Kier alpha value is -4.05. The van der Waals surface area contributed by atoms with Crippen LogP contribution in [0.1, 0.15) is 5.56 Å². The van der Waals surface area contributed by atoms with E-state index < -0.39 is 0 Å². The molecule has 1 N–H and O–H groups in total. The summed E-state index contributed by atoms with van der Waals surface area (Å²) in [6, 6.07) is 27.7. The molecule has 0 fully saturated rings. The van der Waals surface area contributed by atoms with Gasteiger partial charge in [-0.05, 0) is 65.2 Å². The highest BCUT2D eigenvalue weighted by Gasteiger charge is 2.10. The Labute approximate surface area is 174 Å². The third kappa shape index (κ3) is 3.63. The molecule has 0 saturated carbocycles. The minimum absolute atomic E-state index is 0.274. The van der Waals surface area contributed by atoms with Crippen LogP contribution >= 0.6 is 0 Å². The molecule has 4 heteroatoms. The van der Waals surface area contributed by atoms with Gasteiger partial charge in [0, 0.05) is 29.4 Å². The van der Waals surface area contributed by atoms with Crippen LogP contribution in [-0.2, 0) is 6.54 Å². The highest BCUT2D eigenvalue weighted by molar-refractivity contribution is 5.91. The van der Waals surface area contributed by atoms with Crippen molar-refractivity contribution in [3.05, 3.63) is 109 Å². The molecule has 0 atom stereocenters. The maximum atomic E-state index is 10.7.